The van der Waals surface area contributed by atoms with Crippen molar-refractivity contribution in [2.24, 2.45) is 0 Å². The molecule has 2 aromatic carbocycles. The smallest absolute Gasteiger partial charge is 0.242 e. The van der Waals surface area contributed by atoms with E-state index in [1.807, 2.05) is 37.3 Å². The molecule has 2 rings (SSSR count). The molecule has 0 aliphatic rings. The van der Waals surface area contributed by atoms with Crippen molar-refractivity contribution in [3.8, 4) is 0 Å². The molecule has 1 amide bonds. The van der Waals surface area contributed by atoms with Crippen molar-refractivity contribution >= 4 is 38.9 Å². The van der Waals surface area contributed by atoms with E-state index in [-0.39, 0.29) is 27.9 Å². The molecule has 0 saturated carbocycles. The number of rotatable bonds is 8. The lowest BCUT2D eigenvalue weighted by Gasteiger charge is -2.22. The summed E-state index contributed by atoms with van der Waals surface area (Å²) < 4.78 is 25.6. The topological polar surface area (TPSA) is 69.7 Å². The zero-order valence-electron chi connectivity index (χ0n) is 15.6. The Morgan fingerprint density at radius 3 is 2.37 bits per heavy atom. The SMILES string of the molecule is CCN(CCC(=O)Nc1cc(S(=O)(=O)N(C)C)ccc1Cl)c1ccccc1. The second-order valence-corrected chi connectivity index (χ2v) is 8.70. The van der Waals surface area contributed by atoms with Gasteiger partial charge in [0, 0.05) is 39.3 Å². The number of nitrogens with one attached hydrogen (secondary N) is 1. The molecule has 0 aromatic heterocycles. The molecule has 0 heterocycles. The van der Waals surface area contributed by atoms with Crippen molar-refractivity contribution in [3.63, 3.8) is 0 Å². The van der Waals surface area contributed by atoms with E-state index >= 15 is 0 Å². The fraction of sp³-hybridized carbons (Fsp3) is 0.316. The van der Waals surface area contributed by atoms with Crippen LogP contribution in [0, 0.1) is 0 Å². The van der Waals surface area contributed by atoms with Gasteiger partial charge in [-0.3, -0.25) is 4.79 Å². The third kappa shape index (κ3) is 5.45. The van der Waals surface area contributed by atoms with Gasteiger partial charge in [-0.1, -0.05) is 29.8 Å². The highest BCUT2D eigenvalue weighted by atomic mass is 35.5. The number of amides is 1. The number of carbonyl (C=O) groups is 1. The first-order valence-electron chi connectivity index (χ1n) is 8.57. The van der Waals surface area contributed by atoms with Gasteiger partial charge in [0.15, 0.2) is 0 Å². The standard InChI is InChI=1S/C19H24ClN3O3S/c1-4-23(15-8-6-5-7-9-15)13-12-19(24)21-18-14-16(10-11-17(18)20)27(25,26)22(2)3/h5-11,14H,4,12-13H2,1-3H3,(H,21,24). The summed E-state index contributed by atoms with van der Waals surface area (Å²) in [6, 6.07) is 14.1. The zero-order valence-corrected chi connectivity index (χ0v) is 17.2. The average molecular weight is 410 g/mol. The Kier molecular flexibility index (Phi) is 7.24. The molecule has 1 N–H and O–H groups in total. The fourth-order valence-electron chi connectivity index (χ4n) is 2.53. The van der Waals surface area contributed by atoms with E-state index in [1.165, 1.54) is 32.3 Å². The highest BCUT2D eigenvalue weighted by Gasteiger charge is 2.19. The summed E-state index contributed by atoms with van der Waals surface area (Å²) in [6.45, 7) is 3.34. The second kappa shape index (κ2) is 9.21. The van der Waals surface area contributed by atoms with E-state index < -0.39 is 10.0 Å². The molecule has 8 heteroatoms. The van der Waals surface area contributed by atoms with Crippen molar-refractivity contribution in [2.75, 3.05) is 37.4 Å². The maximum Gasteiger partial charge on any atom is 0.242 e. The molecule has 0 fully saturated rings. The van der Waals surface area contributed by atoms with Gasteiger partial charge in [-0.2, -0.15) is 0 Å². The Morgan fingerprint density at radius 1 is 1.11 bits per heavy atom. The molecule has 0 aliphatic heterocycles. The number of hydrogen-bond acceptors (Lipinski definition) is 4. The predicted octanol–water partition coefficient (Wildman–Crippen LogP) is 3.45. The molecule has 6 nitrogen and oxygen atoms in total. The van der Waals surface area contributed by atoms with Crippen molar-refractivity contribution in [1.82, 2.24) is 4.31 Å². The van der Waals surface area contributed by atoms with Gasteiger partial charge in [0.2, 0.25) is 15.9 Å². The summed E-state index contributed by atoms with van der Waals surface area (Å²) in [6.07, 6.45) is 0.254. The Labute approximate surface area is 165 Å². The molecular formula is C19H24ClN3O3S. The summed E-state index contributed by atoms with van der Waals surface area (Å²) in [7, 11) is -0.703. The van der Waals surface area contributed by atoms with Crippen molar-refractivity contribution in [1.29, 1.82) is 0 Å². The number of benzene rings is 2. The van der Waals surface area contributed by atoms with Crippen LogP contribution in [0.1, 0.15) is 13.3 Å². The summed E-state index contributed by atoms with van der Waals surface area (Å²) in [5.74, 6) is -0.231. The van der Waals surface area contributed by atoms with Gasteiger partial charge in [-0.05, 0) is 37.3 Å². The molecule has 0 aliphatic carbocycles. The fourth-order valence-corrected chi connectivity index (χ4v) is 3.62. The highest BCUT2D eigenvalue weighted by Crippen LogP contribution is 2.26. The van der Waals surface area contributed by atoms with E-state index in [4.69, 9.17) is 11.6 Å². The molecule has 0 saturated heterocycles. The maximum absolute atomic E-state index is 12.4. The molecule has 0 radical (unpaired) electrons. The second-order valence-electron chi connectivity index (χ2n) is 6.14. The van der Waals surface area contributed by atoms with E-state index in [1.54, 1.807) is 0 Å². The van der Waals surface area contributed by atoms with Crippen LogP contribution in [-0.2, 0) is 14.8 Å². The summed E-state index contributed by atoms with van der Waals surface area (Å²) in [5.41, 5.74) is 1.33. The number of carbonyl (C=O) groups excluding carboxylic acids is 1. The van der Waals surface area contributed by atoms with Crippen LogP contribution in [0.3, 0.4) is 0 Å². The van der Waals surface area contributed by atoms with Gasteiger partial charge in [0.1, 0.15) is 0 Å². The Morgan fingerprint density at radius 2 is 1.78 bits per heavy atom. The first-order chi connectivity index (χ1) is 12.8. The number of nitrogens with zero attached hydrogens (tertiary/aromatic N) is 2. The minimum atomic E-state index is -3.60. The lowest BCUT2D eigenvalue weighted by atomic mass is 10.2. The van der Waals surface area contributed by atoms with Crippen LogP contribution in [0.2, 0.25) is 5.02 Å². The average Bonchev–Trinajstić information content (AvgIpc) is 2.64. The monoisotopic (exact) mass is 409 g/mol. The number of anilines is 2. The molecule has 0 bridgehead atoms. The van der Waals surface area contributed by atoms with Crippen LogP contribution in [0.5, 0.6) is 0 Å². The van der Waals surface area contributed by atoms with Crippen LogP contribution in [0.15, 0.2) is 53.4 Å². The van der Waals surface area contributed by atoms with Crippen LogP contribution in [-0.4, -0.2) is 45.8 Å². The van der Waals surface area contributed by atoms with E-state index in [0.29, 0.717) is 6.54 Å². The summed E-state index contributed by atoms with van der Waals surface area (Å²) >= 11 is 6.12. The summed E-state index contributed by atoms with van der Waals surface area (Å²) in [5, 5.41) is 3.00. The van der Waals surface area contributed by atoms with Gasteiger partial charge in [0.05, 0.1) is 15.6 Å². The normalized spacial score (nSPS) is 11.4. The van der Waals surface area contributed by atoms with Crippen molar-refractivity contribution in [2.45, 2.75) is 18.2 Å². The van der Waals surface area contributed by atoms with E-state index in [9.17, 15) is 13.2 Å². The Bertz CT molecular complexity index is 886. The van der Waals surface area contributed by atoms with Crippen molar-refractivity contribution < 1.29 is 13.2 Å². The van der Waals surface area contributed by atoms with Gasteiger partial charge in [-0.25, -0.2) is 12.7 Å². The van der Waals surface area contributed by atoms with Gasteiger partial charge >= 0.3 is 0 Å². The lowest BCUT2D eigenvalue weighted by molar-refractivity contribution is -0.116. The molecular weight excluding hydrogens is 386 g/mol. The highest BCUT2D eigenvalue weighted by molar-refractivity contribution is 7.89. The lowest BCUT2D eigenvalue weighted by Crippen LogP contribution is -2.27. The molecule has 0 unspecified atom stereocenters. The van der Waals surface area contributed by atoms with Gasteiger partial charge < -0.3 is 10.2 Å². The molecule has 0 atom stereocenters. The summed E-state index contributed by atoms with van der Waals surface area (Å²) in [4.78, 5) is 14.5. The molecule has 146 valence electrons. The Balaban J connectivity index is 2.07. The van der Waals surface area contributed by atoms with E-state index in [0.717, 1.165) is 16.5 Å². The Hall–Kier alpha value is -2.09. The minimum absolute atomic E-state index is 0.0756. The number of para-hydroxylation sites is 1. The van der Waals surface area contributed by atoms with Crippen LogP contribution >= 0.6 is 11.6 Å². The van der Waals surface area contributed by atoms with Crippen LogP contribution < -0.4 is 10.2 Å². The van der Waals surface area contributed by atoms with Crippen molar-refractivity contribution in [3.05, 3.63) is 53.6 Å². The largest absolute Gasteiger partial charge is 0.371 e. The molecule has 27 heavy (non-hydrogen) atoms. The quantitative estimate of drug-likeness (QED) is 0.725. The van der Waals surface area contributed by atoms with Gasteiger partial charge in [0.25, 0.3) is 0 Å². The maximum atomic E-state index is 12.4. The van der Waals surface area contributed by atoms with Gasteiger partial charge in [-0.15, -0.1) is 0 Å². The third-order valence-corrected chi connectivity index (χ3v) is 6.24. The molecule has 0 spiro atoms. The third-order valence-electron chi connectivity index (χ3n) is 4.10. The minimum Gasteiger partial charge on any atom is -0.371 e. The first kappa shape index (κ1) is 21.2. The predicted molar refractivity (Wildman–Crippen MR) is 110 cm³/mol. The van der Waals surface area contributed by atoms with Crippen LogP contribution in [0.4, 0.5) is 11.4 Å². The number of sulfonamides is 1. The first-order valence-corrected chi connectivity index (χ1v) is 10.4. The van der Waals surface area contributed by atoms with Crippen LogP contribution in [0.25, 0.3) is 0 Å². The number of halogens is 1. The molecule has 2 aromatic rings. The number of hydrogen-bond donors (Lipinski definition) is 1. The van der Waals surface area contributed by atoms with E-state index in [2.05, 4.69) is 10.2 Å². The zero-order chi connectivity index (χ0) is 20.0.